The molecule has 1 aliphatic heterocycles. The largest absolute Gasteiger partial charge is 0.320 e. The molecule has 0 N–H and O–H groups in total. The van der Waals surface area contributed by atoms with Crippen molar-refractivity contribution in [2.24, 2.45) is 0 Å². The molecule has 1 saturated carbocycles. The van der Waals surface area contributed by atoms with E-state index in [0.717, 1.165) is 6.54 Å². The molecule has 0 bridgehead atoms. The number of nitrogens with zero attached hydrogens (tertiary/aromatic N) is 2. The van der Waals surface area contributed by atoms with E-state index in [1.165, 1.54) is 6.42 Å². The second-order valence-corrected chi connectivity index (χ2v) is 3.94. The van der Waals surface area contributed by atoms with Gasteiger partial charge in [0, 0.05) is 12.6 Å². The van der Waals surface area contributed by atoms with Crippen molar-refractivity contribution < 1.29 is 4.79 Å². The Morgan fingerprint density at radius 1 is 1.50 bits per heavy atom. The van der Waals surface area contributed by atoms with Crippen molar-refractivity contribution in [1.29, 1.82) is 0 Å². The summed E-state index contributed by atoms with van der Waals surface area (Å²) >= 11 is 0. The fraction of sp³-hybridized carbons (Fsp3) is 0.889. The Kier molecular flexibility index (Phi) is 1.56. The quantitative estimate of drug-likeness (QED) is 0.609. The first-order valence-corrected chi connectivity index (χ1v) is 4.75. The minimum absolute atomic E-state index is 0.244. The van der Waals surface area contributed by atoms with Gasteiger partial charge in [-0.15, -0.1) is 0 Å². The van der Waals surface area contributed by atoms with Gasteiger partial charge in [-0.05, 0) is 27.2 Å². The number of fused-ring (bicyclic) bond motifs is 1. The number of carbonyl (C=O) groups excluding carboxylic acids is 1. The van der Waals surface area contributed by atoms with Crippen LogP contribution in [0.5, 0.6) is 0 Å². The lowest BCUT2D eigenvalue weighted by Crippen LogP contribution is -2.40. The summed E-state index contributed by atoms with van der Waals surface area (Å²) in [5.74, 6) is 0. The van der Waals surface area contributed by atoms with Crippen LogP contribution < -0.4 is 0 Å². The van der Waals surface area contributed by atoms with E-state index >= 15 is 0 Å². The van der Waals surface area contributed by atoms with Gasteiger partial charge in [0.2, 0.25) is 0 Å². The van der Waals surface area contributed by atoms with Crippen molar-refractivity contribution in [3.8, 4) is 0 Å². The summed E-state index contributed by atoms with van der Waals surface area (Å²) in [7, 11) is 0. The molecule has 2 fully saturated rings. The molecule has 1 saturated heterocycles. The first kappa shape index (κ1) is 7.90. The molecule has 0 radical (unpaired) electrons. The second kappa shape index (κ2) is 2.38. The maximum absolute atomic E-state index is 11.7. The highest BCUT2D eigenvalue weighted by molar-refractivity contribution is 5.80. The smallest absolute Gasteiger partial charge is 0.320 e. The molecule has 3 heteroatoms. The van der Waals surface area contributed by atoms with Crippen LogP contribution in [0, 0.1) is 0 Å². The van der Waals surface area contributed by atoms with Crippen molar-refractivity contribution in [1.82, 2.24) is 9.80 Å². The maximum atomic E-state index is 11.7. The molecule has 0 aromatic rings. The minimum Gasteiger partial charge on any atom is -0.320 e. The number of hydrogen-bond acceptors (Lipinski definition) is 1. The Bertz CT molecular complexity index is 215. The molecule has 0 aromatic heterocycles. The maximum Gasteiger partial charge on any atom is 0.320 e. The first-order valence-electron chi connectivity index (χ1n) is 4.75. The van der Waals surface area contributed by atoms with Gasteiger partial charge in [0.15, 0.2) is 0 Å². The van der Waals surface area contributed by atoms with Crippen LogP contribution in [0.25, 0.3) is 0 Å². The molecule has 2 rings (SSSR count). The molecule has 12 heavy (non-hydrogen) atoms. The molecule has 2 amide bonds. The van der Waals surface area contributed by atoms with Gasteiger partial charge in [0.05, 0.1) is 12.1 Å². The molecular formula is C9H16N2O. The topological polar surface area (TPSA) is 23.6 Å². The van der Waals surface area contributed by atoms with E-state index in [1.807, 2.05) is 9.80 Å². The average Bonchev–Trinajstić information content (AvgIpc) is 2.65. The normalized spacial score (nSPS) is 33.2. The number of rotatable bonds is 2. The SMILES string of the molecule is CCN1C(=O)N(C(C)C)C2CC21. The molecule has 1 aliphatic carbocycles. The highest BCUT2D eigenvalue weighted by Crippen LogP contribution is 2.41. The summed E-state index contributed by atoms with van der Waals surface area (Å²) < 4.78 is 0. The van der Waals surface area contributed by atoms with Crippen LogP contribution in [0.1, 0.15) is 27.2 Å². The van der Waals surface area contributed by atoms with Crippen molar-refractivity contribution in [2.45, 2.75) is 45.3 Å². The van der Waals surface area contributed by atoms with Gasteiger partial charge in [-0.25, -0.2) is 4.79 Å². The molecule has 0 spiro atoms. The van der Waals surface area contributed by atoms with Gasteiger partial charge in [-0.2, -0.15) is 0 Å². The van der Waals surface area contributed by atoms with E-state index in [1.54, 1.807) is 0 Å². The molecule has 2 aliphatic rings. The Balaban J connectivity index is 2.14. The van der Waals surface area contributed by atoms with E-state index in [2.05, 4.69) is 20.8 Å². The van der Waals surface area contributed by atoms with Gasteiger partial charge in [0.1, 0.15) is 0 Å². The third-order valence-corrected chi connectivity index (χ3v) is 2.85. The first-order chi connectivity index (χ1) is 5.66. The third kappa shape index (κ3) is 0.853. The predicted molar refractivity (Wildman–Crippen MR) is 46.9 cm³/mol. The van der Waals surface area contributed by atoms with Crippen molar-refractivity contribution >= 4 is 6.03 Å². The van der Waals surface area contributed by atoms with Crippen LogP contribution in [0.2, 0.25) is 0 Å². The fourth-order valence-electron chi connectivity index (χ4n) is 2.21. The lowest BCUT2D eigenvalue weighted by Gasteiger charge is -2.25. The molecule has 0 aromatic carbocycles. The van der Waals surface area contributed by atoms with E-state index in [9.17, 15) is 4.79 Å². The zero-order valence-corrected chi connectivity index (χ0v) is 7.95. The van der Waals surface area contributed by atoms with Crippen LogP contribution in [-0.4, -0.2) is 40.5 Å². The lowest BCUT2D eigenvalue weighted by molar-refractivity contribution is 0.168. The van der Waals surface area contributed by atoms with Gasteiger partial charge in [-0.3, -0.25) is 0 Å². The summed E-state index contributed by atoms with van der Waals surface area (Å²) in [4.78, 5) is 15.7. The summed E-state index contributed by atoms with van der Waals surface area (Å²) in [6, 6.07) is 1.69. The van der Waals surface area contributed by atoms with Gasteiger partial charge < -0.3 is 9.80 Å². The number of amides is 2. The second-order valence-electron chi connectivity index (χ2n) is 3.94. The van der Waals surface area contributed by atoms with Crippen molar-refractivity contribution in [3.05, 3.63) is 0 Å². The van der Waals surface area contributed by atoms with E-state index < -0.39 is 0 Å². The number of carbonyl (C=O) groups is 1. The monoisotopic (exact) mass is 168 g/mol. The highest BCUT2D eigenvalue weighted by Gasteiger charge is 2.56. The third-order valence-electron chi connectivity index (χ3n) is 2.85. The number of hydrogen-bond donors (Lipinski definition) is 0. The van der Waals surface area contributed by atoms with E-state index in [0.29, 0.717) is 18.1 Å². The van der Waals surface area contributed by atoms with Crippen molar-refractivity contribution in [2.75, 3.05) is 6.54 Å². The van der Waals surface area contributed by atoms with E-state index in [4.69, 9.17) is 0 Å². The predicted octanol–water partition coefficient (Wildman–Crippen LogP) is 1.29. The standard InChI is InChI=1S/C9H16N2O/c1-4-10-7-5-8(7)11(6(2)3)9(10)12/h6-8H,4-5H2,1-3H3. The van der Waals surface area contributed by atoms with Gasteiger partial charge >= 0.3 is 6.03 Å². The Hall–Kier alpha value is -0.730. The lowest BCUT2D eigenvalue weighted by atomic mass is 10.3. The molecule has 2 unspecified atom stereocenters. The summed E-state index contributed by atoms with van der Waals surface area (Å²) in [5.41, 5.74) is 0. The summed E-state index contributed by atoms with van der Waals surface area (Å²) in [6.07, 6.45) is 1.19. The van der Waals surface area contributed by atoms with Crippen LogP contribution in [0.3, 0.4) is 0 Å². The Morgan fingerprint density at radius 2 is 2.17 bits per heavy atom. The Labute approximate surface area is 73.3 Å². The molecule has 1 heterocycles. The minimum atomic E-state index is 0.244. The fourth-order valence-corrected chi connectivity index (χ4v) is 2.21. The zero-order chi connectivity index (χ0) is 8.88. The van der Waals surface area contributed by atoms with Crippen molar-refractivity contribution in [3.63, 3.8) is 0 Å². The van der Waals surface area contributed by atoms with Crippen LogP contribution in [-0.2, 0) is 0 Å². The Morgan fingerprint density at radius 3 is 2.50 bits per heavy atom. The number of urea groups is 1. The number of likely N-dealkylation sites (N-methyl/N-ethyl adjacent to an activating group) is 1. The molecule has 3 nitrogen and oxygen atoms in total. The van der Waals surface area contributed by atoms with Gasteiger partial charge in [0.25, 0.3) is 0 Å². The molecule has 2 atom stereocenters. The van der Waals surface area contributed by atoms with Crippen LogP contribution in [0.15, 0.2) is 0 Å². The molecule has 68 valence electrons. The van der Waals surface area contributed by atoms with E-state index in [-0.39, 0.29) is 6.03 Å². The molecular weight excluding hydrogens is 152 g/mol. The van der Waals surface area contributed by atoms with Gasteiger partial charge in [-0.1, -0.05) is 0 Å². The summed E-state index contributed by atoms with van der Waals surface area (Å²) in [6.45, 7) is 7.10. The van der Waals surface area contributed by atoms with Crippen LogP contribution in [0.4, 0.5) is 4.79 Å². The average molecular weight is 168 g/mol. The summed E-state index contributed by atoms with van der Waals surface area (Å²) in [5, 5.41) is 0. The van der Waals surface area contributed by atoms with Crippen LogP contribution >= 0.6 is 0 Å². The highest BCUT2D eigenvalue weighted by atomic mass is 16.2. The zero-order valence-electron chi connectivity index (χ0n) is 7.95.